The SMILES string of the molecule is C/C(=C\c1ccccc1/N=C/c1ccccc1)C(=O)O. The van der Waals surface area contributed by atoms with Gasteiger partial charge in [-0.05, 0) is 24.6 Å². The van der Waals surface area contributed by atoms with E-state index in [1.54, 1.807) is 19.2 Å². The van der Waals surface area contributed by atoms with Gasteiger partial charge in [-0.3, -0.25) is 4.99 Å². The van der Waals surface area contributed by atoms with E-state index >= 15 is 0 Å². The number of nitrogens with zero attached hydrogens (tertiary/aromatic N) is 1. The van der Waals surface area contributed by atoms with Gasteiger partial charge in [0.15, 0.2) is 0 Å². The summed E-state index contributed by atoms with van der Waals surface area (Å²) < 4.78 is 0. The van der Waals surface area contributed by atoms with Crippen LogP contribution in [0, 0.1) is 0 Å². The number of carboxylic acid groups (broad SMARTS) is 1. The van der Waals surface area contributed by atoms with Crippen molar-refractivity contribution in [3.8, 4) is 0 Å². The van der Waals surface area contributed by atoms with Crippen molar-refractivity contribution < 1.29 is 9.90 Å². The van der Waals surface area contributed by atoms with Crippen molar-refractivity contribution in [3.05, 3.63) is 71.3 Å². The number of carboxylic acids is 1. The van der Waals surface area contributed by atoms with Gasteiger partial charge in [0, 0.05) is 17.4 Å². The highest BCUT2D eigenvalue weighted by atomic mass is 16.4. The summed E-state index contributed by atoms with van der Waals surface area (Å²) in [6.07, 6.45) is 3.39. The Hall–Kier alpha value is -2.68. The second-order valence-corrected chi connectivity index (χ2v) is 4.36. The molecule has 3 heteroatoms. The van der Waals surface area contributed by atoms with Crippen LogP contribution in [0.15, 0.2) is 65.2 Å². The summed E-state index contributed by atoms with van der Waals surface area (Å²) in [5.41, 5.74) is 2.82. The number of hydrogen-bond acceptors (Lipinski definition) is 2. The summed E-state index contributed by atoms with van der Waals surface area (Å²) in [4.78, 5) is 15.3. The van der Waals surface area contributed by atoms with Crippen LogP contribution >= 0.6 is 0 Å². The maximum atomic E-state index is 10.9. The van der Waals surface area contributed by atoms with E-state index in [9.17, 15) is 4.79 Å². The molecule has 0 aromatic heterocycles. The molecule has 0 aliphatic rings. The van der Waals surface area contributed by atoms with Gasteiger partial charge in [-0.1, -0.05) is 48.5 Å². The molecule has 20 heavy (non-hydrogen) atoms. The molecule has 1 N–H and O–H groups in total. The number of para-hydroxylation sites is 1. The van der Waals surface area contributed by atoms with E-state index in [1.165, 1.54) is 0 Å². The van der Waals surface area contributed by atoms with Crippen LogP contribution in [-0.2, 0) is 4.79 Å². The molecule has 0 saturated carbocycles. The van der Waals surface area contributed by atoms with E-state index in [0.717, 1.165) is 16.8 Å². The highest BCUT2D eigenvalue weighted by Crippen LogP contribution is 2.21. The molecule has 0 unspecified atom stereocenters. The van der Waals surface area contributed by atoms with Crippen LogP contribution in [0.3, 0.4) is 0 Å². The van der Waals surface area contributed by atoms with E-state index in [4.69, 9.17) is 5.11 Å². The smallest absolute Gasteiger partial charge is 0.331 e. The Balaban J connectivity index is 2.31. The lowest BCUT2D eigenvalue weighted by molar-refractivity contribution is -0.132. The molecule has 0 atom stereocenters. The third-order valence-corrected chi connectivity index (χ3v) is 2.80. The van der Waals surface area contributed by atoms with Crippen LogP contribution in [0.1, 0.15) is 18.1 Å². The van der Waals surface area contributed by atoms with Crippen LogP contribution in [0.5, 0.6) is 0 Å². The number of rotatable bonds is 4. The fourth-order valence-corrected chi connectivity index (χ4v) is 1.71. The Kier molecular flexibility index (Phi) is 4.45. The van der Waals surface area contributed by atoms with Crippen molar-refractivity contribution >= 4 is 23.9 Å². The molecule has 0 fully saturated rings. The third-order valence-electron chi connectivity index (χ3n) is 2.80. The number of aliphatic imine (C=N–C) groups is 1. The minimum atomic E-state index is -0.924. The van der Waals surface area contributed by atoms with Gasteiger partial charge in [0.25, 0.3) is 0 Å². The topological polar surface area (TPSA) is 49.7 Å². The van der Waals surface area contributed by atoms with Crippen molar-refractivity contribution in [2.24, 2.45) is 4.99 Å². The van der Waals surface area contributed by atoms with Crippen LogP contribution < -0.4 is 0 Å². The van der Waals surface area contributed by atoms with Crippen LogP contribution in [0.4, 0.5) is 5.69 Å². The number of benzene rings is 2. The largest absolute Gasteiger partial charge is 0.478 e. The van der Waals surface area contributed by atoms with Gasteiger partial charge < -0.3 is 5.11 Å². The van der Waals surface area contributed by atoms with Crippen molar-refractivity contribution in [2.75, 3.05) is 0 Å². The summed E-state index contributed by atoms with van der Waals surface area (Å²) in [6.45, 7) is 1.57. The lowest BCUT2D eigenvalue weighted by Crippen LogP contribution is -1.95. The second-order valence-electron chi connectivity index (χ2n) is 4.36. The fraction of sp³-hybridized carbons (Fsp3) is 0.0588. The van der Waals surface area contributed by atoms with Gasteiger partial charge in [0.1, 0.15) is 0 Å². The first kappa shape index (κ1) is 13.7. The predicted molar refractivity (Wildman–Crippen MR) is 81.4 cm³/mol. The molecular formula is C17H15NO2. The molecule has 0 bridgehead atoms. The van der Waals surface area contributed by atoms with Crippen molar-refractivity contribution in [1.82, 2.24) is 0 Å². The molecular weight excluding hydrogens is 250 g/mol. The molecule has 0 aliphatic carbocycles. The van der Waals surface area contributed by atoms with Crippen LogP contribution in [0.2, 0.25) is 0 Å². The predicted octanol–water partition coefficient (Wildman–Crippen LogP) is 3.93. The highest BCUT2D eigenvalue weighted by Gasteiger charge is 2.02. The van der Waals surface area contributed by atoms with Gasteiger partial charge in [-0.25, -0.2) is 4.79 Å². The molecule has 0 aliphatic heterocycles. The van der Waals surface area contributed by atoms with Gasteiger partial charge >= 0.3 is 5.97 Å². The van der Waals surface area contributed by atoms with E-state index in [0.29, 0.717) is 0 Å². The van der Waals surface area contributed by atoms with E-state index < -0.39 is 5.97 Å². The first-order chi connectivity index (χ1) is 9.66. The Morgan fingerprint density at radius 2 is 1.70 bits per heavy atom. The molecule has 0 radical (unpaired) electrons. The zero-order valence-corrected chi connectivity index (χ0v) is 11.2. The fourth-order valence-electron chi connectivity index (χ4n) is 1.71. The highest BCUT2D eigenvalue weighted by molar-refractivity contribution is 5.93. The van der Waals surface area contributed by atoms with Crippen molar-refractivity contribution in [2.45, 2.75) is 6.92 Å². The molecule has 100 valence electrons. The summed E-state index contributed by atoms with van der Waals surface area (Å²) in [5, 5.41) is 8.94. The van der Waals surface area contributed by atoms with Crippen LogP contribution in [0.25, 0.3) is 6.08 Å². The Morgan fingerprint density at radius 3 is 2.40 bits per heavy atom. The number of hydrogen-bond donors (Lipinski definition) is 1. The van der Waals surface area contributed by atoms with Crippen molar-refractivity contribution in [3.63, 3.8) is 0 Å². The Morgan fingerprint density at radius 1 is 1.05 bits per heavy atom. The second kappa shape index (κ2) is 6.48. The van der Waals surface area contributed by atoms with E-state index in [2.05, 4.69) is 4.99 Å². The normalized spacial score (nSPS) is 11.8. The standard InChI is InChI=1S/C17H15NO2/c1-13(17(19)20)11-15-9-5-6-10-16(15)18-12-14-7-3-2-4-8-14/h2-12H,1H3,(H,19,20)/b13-11+,18-12+. The minimum Gasteiger partial charge on any atom is -0.478 e. The van der Waals surface area contributed by atoms with E-state index in [-0.39, 0.29) is 5.57 Å². The molecule has 2 aromatic carbocycles. The first-order valence-electron chi connectivity index (χ1n) is 6.26. The average Bonchev–Trinajstić information content (AvgIpc) is 2.47. The van der Waals surface area contributed by atoms with Gasteiger partial charge in [0.2, 0.25) is 0 Å². The molecule has 0 spiro atoms. The lowest BCUT2D eigenvalue weighted by atomic mass is 10.1. The zero-order chi connectivity index (χ0) is 14.4. The number of carbonyl (C=O) groups is 1. The van der Waals surface area contributed by atoms with Crippen molar-refractivity contribution in [1.29, 1.82) is 0 Å². The Labute approximate surface area is 117 Å². The molecule has 3 nitrogen and oxygen atoms in total. The maximum Gasteiger partial charge on any atom is 0.331 e. The number of aliphatic carboxylic acids is 1. The minimum absolute atomic E-state index is 0.285. The van der Waals surface area contributed by atoms with Gasteiger partial charge in [-0.15, -0.1) is 0 Å². The summed E-state index contributed by atoms with van der Waals surface area (Å²) in [6, 6.07) is 17.2. The molecule has 0 amide bonds. The molecule has 2 rings (SSSR count). The van der Waals surface area contributed by atoms with Gasteiger partial charge in [-0.2, -0.15) is 0 Å². The summed E-state index contributed by atoms with van der Waals surface area (Å²) in [5.74, 6) is -0.924. The summed E-state index contributed by atoms with van der Waals surface area (Å²) in [7, 11) is 0. The van der Waals surface area contributed by atoms with Gasteiger partial charge in [0.05, 0.1) is 5.69 Å². The monoisotopic (exact) mass is 265 g/mol. The van der Waals surface area contributed by atoms with Crippen LogP contribution in [-0.4, -0.2) is 17.3 Å². The first-order valence-corrected chi connectivity index (χ1v) is 6.26. The zero-order valence-electron chi connectivity index (χ0n) is 11.2. The Bertz CT molecular complexity index is 658. The molecule has 2 aromatic rings. The quantitative estimate of drug-likeness (QED) is 0.672. The molecule has 0 saturated heterocycles. The summed E-state index contributed by atoms with van der Waals surface area (Å²) >= 11 is 0. The van der Waals surface area contributed by atoms with E-state index in [1.807, 2.05) is 54.6 Å². The molecule has 0 heterocycles. The average molecular weight is 265 g/mol. The maximum absolute atomic E-state index is 10.9. The lowest BCUT2D eigenvalue weighted by Gasteiger charge is -2.01. The third kappa shape index (κ3) is 3.65.